The molecule has 0 aliphatic heterocycles. The first-order chi connectivity index (χ1) is 11.1. The van der Waals surface area contributed by atoms with Crippen LogP contribution in [0.4, 0.5) is 0 Å². The van der Waals surface area contributed by atoms with Crippen molar-refractivity contribution < 1.29 is 9.21 Å². The second-order valence-electron chi connectivity index (χ2n) is 5.18. The van der Waals surface area contributed by atoms with Gasteiger partial charge in [0.25, 0.3) is 0 Å². The van der Waals surface area contributed by atoms with Gasteiger partial charge in [0, 0.05) is 23.0 Å². The zero-order chi connectivity index (χ0) is 16.2. The van der Waals surface area contributed by atoms with Crippen molar-refractivity contribution in [3.05, 3.63) is 65.9 Å². The Hall–Kier alpha value is -2.53. The Kier molecular flexibility index (Phi) is 4.48. The van der Waals surface area contributed by atoms with Crippen molar-refractivity contribution in [1.29, 1.82) is 0 Å². The second kappa shape index (κ2) is 6.71. The molecule has 0 bridgehead atoms. The van der Waals surface area contributed by atoms with Crippen molar-refractivity contribution in [2.75, 3.05) is 0 Å². The molecule has 2 heterocycles. The van der Waals surface area contributed by atoms with Gasteiger partial charge in [-0.25, -0.2) is 4.98 Å². The predicted octanol–water partition coefficient (Wildman–Crippen LogP) is 3.67. The lowest BCUT2D eigenvalue weighted by atomic mass is 10.2. The van der Waals surface area contributed by atoms with E-state index < -0.39 is 0 Å². The number of halogens is 1. The molecule has 0 saturated carbocycles. The molecule has 0 aliphatic carbocycles. The fourth-order valence-electron chi connectivity index (χ4n) is 2.20. The molecule has 5 nitrogen and oxygen atoms in total. The lowest BCUT2D eigenvalue weighted by Gasteiger charge is -2.12. The maximum Gasteiger partial charge on any atom is 0.243 e. The van der Waals surface area contributed by atoms with Gasteiger partial charge in [0.1, 0.15) is 17.6 Å². The molecule has 1 amide bonds. The molecule has 2 aromatic heterocycles. The fourth-order valence-corrected chi connectivity index (χ4v) is 2.32. The molecule has 3 rings (SSSR count). The first-order valence-corrected chi connectivity index (χ1v) is 7.61. The molecule has 1 N–H and O–H groups in total. The average molecular weight is 330 g/mol. The van der Waals surface area contributed by atoms with Crippen LogP contribution in [-0.2, 0) is 11.3 Å². The van der Waals surface area contributed by atoms with Gasteiger partial charge >= 0.3 is 0 Å². The monoisotopic (exact) mass is 329 g/mol. The number of nitrogens with one attached hydrogen (secondary N) is 1. The highest BCUT2D eigenvalue weighted by atomic mass is 35.5. The summed E-state index contributed by atoms with van der Waals surface area (Å²) in [6.07, 6.45) is 5.03. The SMILES string of the molecule is C[C@H](C(=O)NCc1ccc(-c2ccc(Cl)cc2)o1)n1ccnc1. The first kappa shape index (κ1) is 15.4. The van der Waals surface area contributed by atoms with E-state index in [1.807, 2.05) is 43.3 Å². The Balaban J connectivity index is 1.61. The number of hydrogen-bond donors (Lipinski definition) is 1. The van der Waals surface area contributed by atoms with Crippen molar-refractivity contribution in [3.63, 3.8) is 0 Å². The highest BCUT2D eigenvalue weighted by Crippen LogP contribution is 2.23. The summed E-state index contributed by atoms with van der Waals surface area (Å²) >= 11 is 5.88. The van der Waals surface area contributed by atoms with Crippen molar-refractivity contribution in [3.8, 4) is 11.3 Å². The van der Waals surface area contributed by atoms with Gasteiger partial charge in [0.05, 0.1) is 12.9 Å². The standard InChI is InChI=1S/C17H16ClN3O2/c1-12(21-9-8-19-11-21)17(22)20-10-15-6-7-16(23-15)13-2-4-14(18)5-3-13/h2-9,11-12H,10H2,1H3,(H,20,22)/t12-/m1/s1. The van der Waals surface area contributed by atoms with Crippen LogP contribution in [0.1, 0.15) is 18.7 Å². The van der Waals surface area contributed by atoms with E-state index in [9.17, 15) is 4.79 Å². The molecule has 1 aromatic carbocycles. The summed E-state index contributed by atoms with van der Waals surface area (Å²) < 4.78 is 7.50. The van der Waals surface area contributed by atoms with Gasteiger partial charge in [-0.3, -0.25) is 4.79 Å². The minimum atomic E-state index is -0.316. The van der Waals surface area contributed by atoms with E-state index in [2.05, 4.69) is 10.3 Å². The molecule has 1 atom stereocenters. The van der Waals surface area contributed by atoms with E-state index >= 15 is 0 Å². The molecule has 0 aliphatic rings. The molecule has 0 unspecified atom stereocenters. The van der Waals surface area contributed by atoms with E-state index in [1.165, 1.54) is 0 Å². The lowest BCUT2D eigenvalue weighted by molar-refractivity contribution is -0.124. The van der Waals surface area contributed by atoms with Crippen molar-refractivity contribution >= 4 is 17.5 Å². The molecule has 118 valence electrons. The number of nitrogens with zero attached hydrogens (tertiary/aromatic N) is 2. The fraction of sp³-hybridized carbons (Fsp3) is 0.176. The van der Waals surface area contributed by atoms with Gasteiger partial charge in [0.2, 0.25) is 5.91 Å². The van der Waals surface area contributed by atoms with Crippen molar-refractivity contribution in [1.82, 2.24) is 14.9 Å². The lowest BCUT2D eigenvalue weighted by Crippen LogP contribution is -2.29. The van der Waals surface area contributed by atoms with Crippen LogP contribution in [0.2, 0.25) is 5.02 Å². The van der Waals surface area contributed by atoms with E-state index in [-0.39, 0.29) is 11.9 Å². The van der Waals surface area contributed by atoms with E-state index in [0.717, 1.165) is 11.3 Å². The number of benzene rings is 1. The third-order valence-electron chi connectivity index (χ3n) is 3.58. The van der Waals surface area contributed by atoms with E-state index in [4.69, 9.17) is 16.0 Å². The summed E-state index contributed by atoms with van der Waals surface area (Å²) in [6.45, 7) is 2.16. The second-order valence-corrected chi connectivity index (χ2v) is 5.61. The van der Waals surface area contributed by atoms with Crippen LogP contribution in [0.3, 0.4) is 0 Å². The minimum Gasteiger partial charge on any atom is -0.459 e. The Morgan fingerprint density at radius 1 is 1.30 bits per heavy atom. The van der Waals surface area contributed by atoms with Gasteiger partial charge in [-0.2, -0.15) is 0 Å². The maximum absolute atomic E-state index is 12.1. The Morgan fingerprint density at radius 3 is 2.78 bits per heavy atom. The third-order valence-corrected chi connectivity index (χ3v) is 3.83. The number of rotatable bonds is 5. The van der Waals surface area contributed by atoms with Gasteiger partial charge in [0.15, 0.2) is 0 Å². The number of carbonyl (C=O) groups excluding carboxylic acids is 1. The summed E-state index contributed by atoms with van der Waals surface area (Å²) in [5.41, 5.74) is 0.943. The molecule has 23 heavy (non-hydrogen) atoms. The summed E-state index contributed by atoms with van der Waals surface area (Å²) in [5.74, 6) is 1.35. The van der Waals surface area contributed by atoms with Crippen LogP contribution in [0.15, 0.2) is 59.5 Å². The van der Waals surface area contributed by atoms with Crippen LogP contribution in [-0.4, -0.2) is 15.5 Å². The molecule has 0 fully saturated rings. The zero-order valence-electron chi connectivity index (χ0n) is 12.6. The summed E-state index contributed by atoms with van der Waals surface area (Å²) in [5, 5.41) is 3.54. The van der Waals surface area contributed by atoms with Crippen LogP contribution in [0.25, 0.3) is 11.3 Å². The van der Waals surface area contributed by atoms with Gasteiger partial charge in [-0.1, -0.05) is 11.6 Å². The molecule has 6 heteroatoms. The molecule has 3 aromatic rings. The van der Waals surface area contributed by atoms with Gasteiger partial charge in [-0.05, 0) is 43.3 Å². The molecule has 0 saturated heterocycles. The van der Waals surface area contributed by atoms with E-state index in [1.54, 1.807) is 23.3 Å². The molecular weight excluding hydrogens is 314 g/mol. The maximum atomic E-state index is 12.1. The topological polar surface area (TPSA) is 60.1 Å². The van der Waals surface area contributed by atoms with Crippen LogP contribution in [0, 0.1) is 0 Å². The minimum absolute atomic E-state index is 0.0903. The normalized spacial score (nSPS) is 12.1. The highest BCUT2D eigenvalue weighted by molar-refractivity contribution is 6.30. The first-order valence-electron chi connectivity index (χ1n) is 7.23. The molecular formula is C17H16ClN3O2. The number of aromatic nitrogens is 2. The number of carbonyl (C=O) groups is 1. The quantitative estimate of drug-likeness (QED) is 0.777. The van der Waals surface area contributed by atoms with Gasteiger partial charge < -0.3 is 14.3 Å². The van der Waals surface area contributed by atoms with Gasteiger partial charge in [-0.15, -0.1) is 0 Å². The number of hydrogen-bond acceptors (Lipinski definition) is 3. The van der Waals surface area contributed by atoms with Crippen molar-refractivity contribution in [2.24, 2.45) is 0 Å². The number of furan rings is 1. The Bertz CT molecular complexity index is 779. The van der Waals surface area contributed by atoms with E-state index in [0.29, 0.717) is 17.3 Å². The average Bonchev–Trinajstić information content (AvgIpc) is 3.24. The largest absolute Gasteiger partial charge is 0.459 e. The van der Waals surface area contributed by atoms with Crippen LogP contribution in [0.5, 0.6) is 0 Å². The Morgan fingerprint density at radius 2 is 2.09 bits per heavy atom. The number of imidazole rings is 1. The van der Waals surface area contributed by atoms with Crippen LogP contribution < -0.4 is 5.32 Å². The van der Waals surface area contributed by atoms with Crippen molar-refractivity contribution in [2.45, 2.75) is 19.5 Å². The third kappa shape index (κ3) is 3.63. The summed E-state index contributed by atoms with van der Waals surface area (Å²) in [7, 11) is 0. The predicted molar refractivity (Wildman–Crippen MR) is 87.9 cm³/mol. The number of amides is 1. The molecule has 0 spiro atoms. The Labute approximate surface area is 138 Å². The summed E-state index contributed by atoms with van der Waals surface area (Å²) in [4.78, 5) is 16.1. The zero-order valence-corrected chi connectivity index (χ0v) is 13.3. The molecule has 0 radical (unpaired) electrons. The van der Waals surface area contributed by atoms with Crippen LogP contribution >= 0.6 is 11.6 Å². The highest BCUT2D eigenvalue weighted by Gasteiger charge is 2.14. The smallest absolute Gasteiger partial charge is 0.243 e. The summed E-state index contributed by atoms with van der Waals surface area (Å²) in [6, 6.07) is 10.8.